The summed E-state index contributed by atoms with van der Waals surface area (Å²) in [5, 5.41) is 3.31. The van der Waals surface area contributed by atoms with Gasteiger partial charge in [-0.25, -0.2) is 4.79 Å². The van der Waals surface area contributed by atoms with Crippen molar-refractivity contribution in [2.75, 3.05) is 7.11 Å². The van der Waals surface area contributed by atoms with E-state index in [1.807, 2.05) is 26.0 Å². The van der Waals surface area contributed by atoms with Crippen LogP contribution in [0.5, 0.6) is 0 Å². The summed E-state index contributed by atoms with van der Waals surface area (Å²) in [5.41, 5.74) is 2.65. The quantitative estimate of drug-likeness (QED) is 0.254. The fourth-order valence-corrected chi connectivity index (χ4v) is 3.53. The molecule has 2 aromatic rings. The van der Waals surface area contributed by atoms with Crippen LogP contribution in [-0.2, 0) is 29.7 Å². The van der Waals surface area contributed by atoms with Gasteiger partial charge in [0.15, 0.2) is 0 Å². The van der Waals surface area contributed by atoms with E-state index in [9.17, 15) is 13.2 Å². The van der Waals surface area contributed by atoms with Crippen molar-refractivity contribution in [3.63, 3.8) is 0 Å². The Hall–Kier alpha value is -2.32. The minimum absolute atomic E-state index is 0.205. The molecule has 0 N–H and O–H groups in total. The Balaban J connectivity index is 2.13. The molecule has 8 heteroatoms. The van der Waals surface area contributed by atoms with Crippen LogP contribution >= 0.6 is 11.8 Å². The average Bonchev–Trinajstić information content (AvgIpc) is 2.61. The topological polar surface area (TPSA) is 82.0 Å². The van der Waals surface area contributed by atoms with Gasteiger partial charge < -0.3 is 4.74 Å². The first-order valence-corrected chi connectivity index (χ1v) is 10.1. The molecular formula is C18H19NO5S2. The van der Waals surface area contributed by atoms with Gasteiger partial charge >= 0.3 is 16.1 Å². The lowest BCUT2D eigenvalue weighted by molar-refractivity contribution is -0.132. The maximum absolute atomic E-state index is 12.1. The second-order valence-electron chi connectivity index (χ2n) is 5.57. The molecule has 0 aliphatic rings. The van der Waals surface area contributed by atoms with Crippen molar-refractivity contribution in [3.8, 4) is 0 Å². The van der Waals surface area contributed by atoms with Crippen LogP contribution < -0.4 is 0 Å². The van der Waals surface area contributed by atoms with Gasteiger partial charge in [-0.1, -0.05) is 64.4 Å². The van der Waals surface area contributed by atoms with Crippen molar-refractivity contribution < 1.29 is 22.2 Å². The molecule has 0 fully saturated rings. The SMILES string of the molecule is COC(=O)/C(=N/OS(=O)(=O)Cc1ccc(C)cc1)Sc1ccc(C)cc1. The predicted octanol–water partition coefficient (Wildman–Crippen LogP) is 3.43. The number of carbonyl (C=O) groups excluding carboxylic acids is 1. The third-order valence-corrected chi connectivity index (χ3v) is 5.22. The van der Waals surface area contributed by atoms with E-state index in [2.05, 4.69) is 14.2 Å². The van der Waals surface area contributed by atoms with Gasteiger partial charge in [0.25, 0.3) is 0 Å². The number of esters is 1. The van der Waals surface area contributed by atoms with E-state index in [4.69, 9.17) is 0 Å². The number of hydrogen-bond donors (Lipinski definition) is 0. The van der Waals surface area contributed by atoms with Crippen molar-refractivity contribution in [1.82, 2.24) is 0 Å². The lowest BCUT2D eigenvalue weighted by Crippen LogP contribution is -2.14. The highest BCUT2D eigenvalue weighted by Crippen LogP contribution is 2.21. The van der Waals surface area contributed by atoms with Gasteiger partial charge in [-0.2, -0.15) is 8.42 Å². The monoisotopic (exact) mass is 393 g/mol. The van der Waals surface area contributed by atoms with E-state index in [0.717, 1.165) is 22.9 Å². The molecule has 0 aliphatic carbocycles. The van der Waals surface area contributed by atoms with Crippen LogP contribution in [0.1, 0.15) is 16.7 Å². The summed E-state index contributed by atoms with van der Waals surface area (Å²) >= 11 is 0.965. The first kappa shape index (κ1) is 20.0. The molecule has 0 unspecified atom stereocenters. The molecule has 0 radical (unpaired) electrons. The molecule has 0 saturated heterocycles. The smallest absolute Gasteiger partial charge is 0.367 e. The summed E-state index contributed by atoms with van der Waals surface area (Å²) in [6.07, 6.45) is 0. The van der Waals surface area contributed by atoms with Gasteiger partial charge in [0, 0.05) is 4.90 Å². The molecular weight excluding hydrogens is 374 g/mol. The normalized spacial score (nSPS) is 11.9. The Kier molecular flexibility index (Phi) is 6.82. The number of thioether (sulfide) groups is 1. The van der Waals surface area contributed by atoms with E-state index in [0.29, 0.717) is 10.5 Å². The number of benzene rings is 2. The molecule has 0 spiro atoms. The van der Waals surface area contributed by atoms with Crippen molar-refractivity contribution in [3.05, 3.63) is 65.2 Å². The molecule has 138 valence electrons. The number of nitrogens with zero attached hydrogens (tertiary/aromatic N) is 1. The van der Waals surface area contributed by atoms with E-state index in [1.54, 1.807) is 36.4 Å². The lowest BCUT2D eigenvalue weighted by atomic mass is 10.2. The Morgan fingerprint density at radius 3 is 2.08 bits per heavy atom. The van der Waals surface area contributed by atoms with E-state index in [-0.39, 0.29) is 10.8 Å². The first-order chi connectivity index (χ1) is 12.3. The molecule has 26 heavy (non-hydrogen) atoms. The van der Waals surface area contributed by atoms with Gasteiger partial charge in [-0.15, -0.1) is 0 Å². The maximum Gasteiger partial charge on any atom is 0.367 e. The third-order valence-electron chi connectivity index (χ3n) is 3.29. The number of carbonyl (C=O) groups is 1. The predicted molar refractivity (Wildman–Crippen MR) is 101 cm³/mol. The van der Waals surface area contributed by atoms with Crippen LogP contribution in [-0.4, -0.2) is 26.5 Å². The molecule has 0 aliphatic heterocycles. The number of aryl methyl sites for hydroxylation is 2. The third kappa shape index (κ3) is 6.20. The number of rotatable bonds is 5. The lowest BCUT2D eigenvalue weighted by Gasteiger charge is -2.06. The molecule has 2 aromatic carbocycles. The first-order valence-electron chi connectivity index (χ1n) is 7.67. The zero-order valence-electron chi connectivity index (χ0n) is 14.6. The highest BCUT2D eigenvalue weighted by molar-refractivity contribution is 8.15. The zero-order valence-corrected chi connectivity index (χ0v) is 16.3. The van der Waals surface area contributed by atoms with Gasteiger partial charge in [0.2, 0.25) is 5.04 Å². The van der Waals surface area contributed by atoms with E-state index < -0.39 is 16.1 Å². The highest BCUT2D eigenvalue weighted by Gasteiger charge is 2.19. The number of ether oxygens (including phenoxy) is 1. The summed E-state index contributed by atoms with van der Waals surface area (Å²) < 4.78 is 33.5. The second-order valence-corrected chi connectivity index (χ2v) is 8.18. The molecule has 0 aromatic heterocycles. The Morgan fingerprint density at radius 1 is 1.00 bits per heavy atom. The van der Waals surface area contributed by atoms with Crippen LogP contribution in [0.15, 0.2) is 58.6 Å². The fraction of sp³-hybridized carbons (Fsp3) is 0.222. The van der Waals surface area contributed by atoms with Gasteiger partial charge in [0.05, 0.1) is 7.11 Å². The summed E-state index contributed by atoms with van der Waals surface area (Å²) in [6.45, 7) is 3.84. The van der Waals surface area contributed by atoms with Gasteiger partial charge in [-0.3, -0.25) is 4.28 Å². The number of oxime groups is 1. The summed E-state index contributed by atoms with van der Waals surface area (Å²) in [5.74, 6) is -1.12. The van der Waals surface area contributed by atoms with E-state index in [1.165, 1.54) is 7.11 Å². The van der Waals surface area contributed by atoms with Crippen LogP contribution in [0.25, 0.3) is 0 Å². The van der Waals surface area contributed by atoms with Crippen molar-refractivity contribution in [1.29, 1.82) is 0 Å². The number of methoxy groups -OCH3 is 1. The highest BCUT2D eigenvalue weighted by atomic mass is 32.2. The Bertz CT molecular complexity index is 888. The molecule has 0 saturated carbocycles. The molecule has 0 amide bonds. The van der Waals surface area contributed by atoms with Crippen molar-refractivity contribution in [2.24, 2.45) is 5.16 Å². The zero-order chi connectivity index (χ0) is 19.2. The molecule has 0 heterocycles. The molecule has 0 atom stereocenters. The summed E-state index contributed by atoms with van der Waals surface area (Å²) in [7, 11) is -2.80. The van der Waals surface area contributed by atoms with Crippen LogP contribution in [0.2, 0.25) is 0 Å². The fourth-order valence-electron chi connectivity index (χ4n) is 1.91. The van der Waals surface area contributed by atoms with Crippen molar-refractivity contribution >= 4 is 32.9 Å². The molecule has 2 rings (SSSR count). The van der Waals surface area contributed by atoms with Crippen molar-refractivity contribution in [2.45, 2.75) is 24.5 Å². The Labute approximate surface area is 157 Å². The second kappa shape index (κ2) is 8.86. The average molecular weight is 393 g/mol. The Morgan fingerprint density at radius 2 is 1.54 bits per heavy atom. The van der Waals surface area contributed by atoms with Crippen LogP contribution in [0.3, 0.4) is 0 Å². The minimum Gasteiger partial charge on any atom is -0.464 e. The van der Waals surface area contributed by atoms with Crippen LogP contribution in [0.4, 0.5) is 0 Å². The standard InChI is InChI=1S/C18H19NO5S2/c1-13-4-8-15(9-5-13)12-26(21,22)24-19-17(18(20)23-3)25-16-10-6-14(2)7-11-16/h4-11H,12H2,1-3H3/b19-17-. The number of hydrogen-bond acceptors (Lipinski definition) is 7. The summed E-state index contributed by atoms with van der Waals surface area (Å²) in [4.78, 5) is 12.6. The largest absolute Gasteiger partial charge is 0.464 e. The van der Waals surface area contributed by atoms with Gasteiger partial charge in [0.1, 0.15) is 5.75 Å². The maximum atomic E-state index is 12.1. The minimum atomic E-state index is -3.99. The summed E-state index contributed by atoms with van der Waals surface area (Å²) in [6, 6.07) is 14.3. The van der Waals surface area contributed by atoms with E-state index >= 15 is 0 Å². The molecule has 6 nitrogen and oxygen atoms in total. The molecule has 0 bridgehead atoms. The van der Waals surface area contributed by atoms with Crippen LogP contribution in [0, 0.1) is 13.8 Å². The van der Waals surface area contributed by atoms with Gasteiger partial charge in [-0.05, 0) is 31.5 Å².